The van der Waals surface area contributed by atoms with Gasteiger partial charge < -0.3 is 5.32 Å². The van der Waals surface area contributed by atoms with Crippen LogP contribution in [-0.2, 0) is 10.0 Å². The molecule has 0 saturated heterocycles. The number of thiazole rings is 1. The summed E-state index contributed by atoms with van der Waals surface area (Å²) < 4.78 is 27.1. The molecule has 0 spiro atoms. The van der Waals surface area contributed by atoms with Crippen LogP contribution in [0.5, 0.6) is 0 Å². The van der Waals surface area contributed by atoms with E-state index in [-0.39, 0.29) is 16.8 Å². The van der Waals surface area contributed by atoms with Crippen molar-refractivity contribution in [1.82, 2.24) is 10.3 Å². The predicted octanol–water partition coefficient (Wildman–Crippen LogP) is 3.23. The van der Waals surface area contributed by atoms with Crippen molar-refractivity contribution in [3.8, 4) is 0 Å². The van der Waals surface area contributed by atoms with Crippen molar-refractivity contribution in [2.75, 3.05) is 4.72 Å². The Balaban J connectivity index is 1.40. The van der Waals surface area contributed by atoms with Gasteiger partial charge in [-0.2, -0.15) is 0 Å². The first-order valence-electron chi connectivity index (χ1n) is 8.41. The average Bonchev–Trinajstić information content (AvgIpc) is 3.26. The van der Waals surface area contributed by atoms with Crippen molar-refractivity contribution in [2.45, 2.75) is 23.3 Å². The number of carbonyl (C=O) groups is 1. The van der Waals surface area contributed by atoms with Crippen LogP contribution in [0.4, 0.5) is 5.13 Å². The number of benzene rings is 2. The zero-order valence-electron chi connectivity index (χ0n) is 14.2. The summed E-state index contributed by atoms with van der Waals surface area (Å²) in [5.41, 5.74) is 1.65. The number of carbonyl (C=O) groups excluding carboxylic acids is 1. The third-order valence-corrected chi connectivity index (χ3v) is 6.59. The van der Waals surface area contributed by atoms with Crippen molar-refractivity contribution in [3.63, 3.8) is 0 Å². The molecular formula is C19H17N3O3S2. The highest BCUT2D eigenvalue weighted by Gasteiger charge is 2.39. The molecule has 27 heavy (non-hydrogen) atoms. The lowest BCUT2D eigenvalue weighted by molar-refractivity contribution is 0.0950. The zero-order chi connectivity index (χ0) is 18.9. The van der Waals surface area contributed by atoms with E-state index in [2.05, 4.69) is 27.2 Å². The molecule has 1 heterocycles. The number of amides is 1. The van der Waals surface area contributed by atoms with Crippen molar-refractivity contribution in [1.29, 1.82) is 0 Å². The molecule has 3 aromatic rings. The summed E-state index contributed by atoms with van der Waals surface area (Å²) in [5, 5.41) is 4.99. The monoisotopic (exact) mass is 399 g/mol. The second-order valence-corrected chi connectivity index (χ2v) is 8.88. The van der Waals surface area contributed by atoms with Crippen LogP contribution in [-0.4, -0.2) is 25.4 Å². The Kier molecular flexibility index (Phi) is 4.67. The van der Waals surface area contributed by atoms with E-state index in [9.17, 15) is 13.2 Å². The van der Waals surface area contributed by atoms with Gasteiger partial charge in [-0.3, -0.25) is 9.52 Å². The molecule has 1 amide bonds. The Hall–Kier alpha value is -2.71. The molecule has 1 aromatic heterocycles. The lowest BCUT2D eigenvalue weighted by Gasteiger charge is -2.08. The van der Waals surface area contributed by atoms with E-state index in [0.717, 1.165) is 6.42 Å². The Labute approximate surface area is 161 Å². The summed E-state index contributed by atoms with van der Waals surface area (Å²) >= 11 is 1.20. The first-order chi connectivity index (χ1) is 13.0. The quantitative estimate of drug-likeness (QED) is 0.666. The fourth-order valence-corrected chi connectivity index (χ4v) is 4.70. The molecule has 1 aliphatic carbocycles. The Morgan fingerprint density at radius 2 is 1.81 bits per heavy atom. The highest BCUT2D eigenvalue weighted by Crippen LogP contribution is 2.40. The third kappa shape index (κ3) is 4.01. The van der Waals surface area contributed by atoms with E-state index in [0.29, 0.717) is 16.6 Å². The molecule has 1 fully saturated rings. The molecule has 2 unspecified atom stereocenters. The molecular weight excluding hydrogens is 382 g/mol. The smallest absolute Gasteiger partial charge is 0.263 e. The van der Waals surface area contributed by atoms with Crippen molar-refractivity contribution >= 4 is 32.4 Å². The van der Waals surface area contributed by atoms with E-state index in [1.54, 1.807) is 5.38 Å². The SMILES string of the molecule is O=C(NC1CC1c1ccccc1)c1ccc(S(=O)(=O)Nc2nccs2)cc1. The second-order valence-electron chi connectivity index (χ2n) is 6.30. The molecule has 1 saturated carbocycles. The fraction of sp³-hybridized carbons (Fsp3) is 0.158. The van der Waals surface area contributed by atoms with Gasteiger partial charge in [-0.05, 0) is 36.2 Å². The van der Waals surface area contributed by atoms with Crippen molar-refractivity contribution in [3.05, 3.63) is 77.3 Å². The minimum absolute atomic E-state index is 0.0860. The van der Waals surface area contributed by atoms with Gasteiger partial charge in [0.15, 0.2) is 5.13 Å². The van der Waals surface area contributed by atoms with Crippen LogP contribution in [0.15, 0.2) is 71.1 Å². The van der Waals surface area contributed by atoms with E-state index < -0.39 is 10.0 Å². The molecule has 138 valence electrons. The first kappa shape index (κ1) is 17.7. The van der Waals surface area contributed by atoms with Gasteiger partial charge in [0.25, 0.3) is 15.9 Å². The number of anilines is 1. The Morgan fingerprint density at radius 1 is 1.07 bits per heavy atom. The molecule has 2 N–H and O–H groups in total. The minimum Gasteiger partial charge on any atom is -0.349 e. The largest absolute Gasteiger partial charge is 0.349 e. The number of nitrogens with one attached hydrogen (secondary N) is 2. The number of hydrogen-bond acceptors (Lipinski definition) is 5. The van der Waals surface area contributed by atoms with Crippen LogP contribution >= 0.6 is 11.3 Å². The molecule has 4 rings (SSSR count). The Morgan fingerprint density at radius 3 is 2.48 bits per heavy atom. The molecule has 8 heteroatoms. The van der Waals surface area contributed by atoms with Gasteiger partial charge in [0, 0.05) is 29.1 Å². The van der Waals surface area contributed by atoms with Crippen molar-refractivity contribution < 1.29 is 13.2 Å². The molecule has 0 bridgehead atoms. The molecule has 0 radical (unpaired) electrons. The van der Waals surface area contributed by atoms with Gasteiger partial charge in [0.05, 0.1) is 4.90 Å². The molecule has 2 aromatic carbocycles. The number of sulfonamides is 1. The minimum atomic E-state index is -3.72. The van der Waals surface area contributed by atoms with Gasteiger partial charge in [-0.15, -0.1) is 11.3 Å². The maximum absolute atomic E-state index is 12.4. The summed E-state index contributed by atoms with van der Waals surface area (Å²) in [7, 11) is -3.72. The average molecular weight is 399 g/mol. The number of rotatable bonds is 6. The number of nitrogens with zero attached hydrogens (tertiary/aromatic N) is 1. The lowest BCUT2D eigenvalue weighted by atomic mass is 10.1. The summed E-state index contributed by atoms with van der Waals surface area (Å²) in [6.45, 7) is 0. The zero-order valence-corrected chi connectivity index (χ0v) is 15.8. The third-order valence-electron chi connectivity index (χ3n) is 4.42. The van der Waals surface area contributed by atoms with Gasteiger partial charge in [-0.25, -0.2) is 13.4 Å². The fourth-order valence-electron chi connectivity index (χ4n) is 2.91. The van der Waals surface area contributed by atoms with Crippen LogP contribution in [0.25, 0.3) is 0 Å². The second kappa shape index (κ2) is 7.13. The summed E-state index contributed by atoms with van der Waals surface area (Å²) in [6, 6.07) is 16.1. The maximum atomic E-state index is 12.4. The highest BCUT2D eigenvalue weighted by molar-refractivity contribution is 7.93. The van der Waals surface area contributed by atoms with Gasteiger partial charge in [0.2, 0.25) is 0 Å². The highest BCUT2D eigenvalue weighted by atomic mass is 32.2. The predicted molar refractivity (Wildman–Crippen MR) is 104 cm³/mol. The van der Waals surface area contributed by atoms with Crippen LogP contribution in [0.2, 0.25) is 0 Å². The standard InChI is InChI=1S/C19H17N3O3S2/c23-18(21-17-12-16(17)13-4-2-1-3-5-13)14-6-8-15(9-7-14)27(24,25)22-19-20-10-11-26-19/h1-11,16-17H,12H2,(H,20,22)(H,21,23). The van der Waals surface area contributed by atoms with E-state index in [1.165, 1.54) is 47.4 Å². The van der Waals surface area contributed by atoms with Gasteiger partial charge >= 0.3 is 0 Å². The van der Waals surface area contributed by atoms with Crippen LogP contribution in [0.1, 0.15) is 28.3 Å². The van der Waals surface area contributed by atoms with E-state index in [4.69, 9.17) is 0 Å². The molecule has 2 atom stereocenters. The van der Waals surface area contributed by atoms with Crippen molar-refractivity contribution in [2.24, 2.45) is 0 Å². The lowest BCUT2D eigenvalue weighted by Crippen LogP contribution is -2.26. The molecule has 0 aliphatic heterocycles. The number of aromatic nitrogens is 1. The molecule has 1 aliphatic rings. The molecule has 6 nitrogen and oxygen atoms in total. The van der Waals surface area contributed by atoms with Crippen LogP contribution in [0, 0.1) is 0 Å². The summed E-state index contributed by atoms with van der Waals surface area (Å²) in [5.74, 6) is 0.146. The first-order valence-corrected chi connectivity index (χ1v) is 10.8. The summed E-state index contributed by atoms with van der Waals surface area (Å²) in [6.07, 6.45) is 2.44. The van der Waals surface area contributed by atoms with Gasteiger partial charge in [-0.1, -0.05) is 30.3 Å². The number of hydrogen-bond donors (Lipinski definition) is 2. The maximum Gasteiger partial charge on any atom is 0.263 e. The van der Waals surface area contributed by atoms with E-state index in [1.807, 2.05) is 18.2 Å². The summed E-state index contributed by atoms with van der Waals surface area (Å²) in [4.78, 5) is 16.4. The normalized spacial score (nSPS) is 18.7. The van der Waals surface area contributed by atoms with Crippen LogP contribution in [0.3, 0.4) is 0 Å². The Bertz CT molecular complexity index is 1030. The van der Waals surface area contributed by atoms with E-state index >= 15 is 0 Å². The van der Waals surface area contributed by atoms with Gasteiger partial charge in [0.1, 0.15) is 0 Å². The van der Waals surface area contributed by atoms with Crippen LogP contribution < -0.4 is 10.0 Å². The topological polar surface area (TPSA) is 88.2 Å².